The number of nitrogens with zero attached hydrogens (tertiary/aromatic N) is 4. The lowest BCUT2D eigenvalue weighted by molar-refractivity contribution is -0.991. The van der Waals surface area contributed by atoms with Crippen molar-refractivity contribution < 1.29 is 20.0 Å². The molecule has 1 aromatic heterocycles. The summed E-state index contributed by atoms with van der Waals surface area (Å²) in [5, 5.41) is 35.7. The van der Waals surface area contributed by atoms with Gasteiger partial charge < -0.3 is 10.5 Å². The fourth-order valence-corrected chi connectivity index (χ4v) is 4.23. The van der Waals surface area contributed by atoms with Gasteiger partial charge in [0, 0.05) is 28.9 Å². The normalized spacial score (nSPS) is 11.9. The first-order chi connectivity index (χ1) is 19.9. The second-order valence-electron chi connectivity index (χ2n) is 9.18. The first-order valence-electron chi connectivity index (χ1n) is 12.8. The molecule has 1 atom stereocenters. The molecule has 0 aliphatic carbocycles. The number of carbonyl (C=O) groups is 2. The standard InChI is InChI=1S/C31H26N6O4/c1-21-10-8-9-15-26(21)32-27(38)20-28(39)36-31(23-13-6-3-7-14-23)30(29(35-36)22-11-4-2-5-12-22)34-33-24-16-18-25(19-17-24)37(40)41/h2-19,37,40H,20H2,1H3,(H,32,38). The average Bonchev–Trinajstić information content (AvgIpc) is 3.38. The van der Waals surface area contributed by atoms with Gasteiger partial charge in [-0.15, -0.1) is 5.11 Å². The molecule has 5 rings (SSSR count). The molecule has 10 nitrogen and oxygen atoms in total. The topological polar surface area (TPSA) is 136 Å². The highest BCUT2D eigenvalue weighted by atomic mass is 16.8. The van der Waals surface area contributed by atoms with Gasteiger partial charge in [-0.05, 0) is 30.7 Å². The van der Waals surface area contributed by atoms with Crippen LogP contribution in [0.1, 0.15) is 16.8 Å². The minimum Gasteiger partial charge on any atom is -0.595 e. The maximum atomic E-state index is 13.6. The van der Waals surface area contributed by atoms with Gasteiger partial charge in [-0.25, -0.2) is 5.21 Å². The number of nitrogens with one attached hydrogen (secondary N) is 2. The summed E-state index contributed by atoms with van der Waals surface area (Å²) in [6.45, 7) is 1.87. The number of para-hydroxylation sites is 1. The third kappa shape index (κ3) is 6.31. The Balaban J connectivity index is 1.58. The highest BCUT2D eigenvalue weighted by molar-refractivity contribution is 6.06. The lowest BCUT2D eigenvalue weighted by Crippen LogP contribution is -2.99. The van der Waals surface area contributed by atoms with Crippen molar-refractivity contribution in [3.8, 4) is 22.5 Å². The second kappa shape index (κ2) is 12.3. The molecule has 0 saturated heterocycles. The van der Waals surface area contributed by atoms with E-state index < -0.39 is 23.5 Å². The van der Waals surface area contributed by atoms with Gasteiger partial charge >= 0.3 is 0 Å². The van der Waals surface area contributed by atoms with Gasteiger partial charge in [0.05, 0.1) is 5.69 Å². The molecule has 0 aliphatic rings. The van der Waals surface area contributed by atoms with Gasteiger partial charge in [0.15, 0.2) is 5.69 Å². The van der Waals surface area contributed by atoms with E-state index in [1.807, 2.05) is 85.8 Å². The Bertz CT molecular complexity index is 1700. The van der Waals surface area contributed by atoms with Crippen molar-refractivity contribution >= 4 is 34.6 Å². The van der Waals surface area contributed by atoms with Crippen LogP contribution in [0.15, 0.2) is 119 Å². The van der Waals surface area contributed by atoms with E-state index in [0.717, 1.165) is 5.56 Å². The highest BCUT2D eigenvalue weighted by Gasteiger charge is 2.26. The Hall–Kier alpha value is -5.29. The number of hydrogen-bond donors (Lipinski definition) is 3. The van der Waals surface area contributed by atoms with Crippen LogP contribution in [-0.4, -0.2) is 26.8 Å². The predicted octanol–water partition coefficient (Wildman–Crippen LogP) is 6.01. The summed E-state index contributed by atoms with van der Waals surface area (Å²) in [7, 11) is 0. The number of rotatable bonds is 8. The number of anilines is 1. The van der Waals surface area contributed by atoms with Crippen molar-refractivity contribution in [1.82, 2.24) is 9.78 Å². The summed E-state index contributed by atoms with van der Waals surface area (Å²) in [6.07, 6.45) is -0.447. The number of amides is 1. The summed E-state index contributed by atoms with van der Waals surface area (Å²) >= 11 is 0. The Morgan fingerprint density at radius 2 is 1.46 bits per heavy atom. The molecule has 3 N–H and O–H groups in total. The fraction of sp³-hybridized carbons (Fsp3) is 0.0645. The van der Waals surface area contributed by atoms with E-state index in [1.54, 1.807) is 18.2 Å². The quantitative estimate of drug-likeness (QED) is 0.124. The predicted molar refractivity (Wildman–Crippen MR) is 155 cm³/mol. The molecule has 0 spiro atoms. The number of carbonyl (C=O) groups excluding carboxylic acids is 2. The van der Waals surface area contributed by atoms with Crippen LogP contribution in [0.5, 0.6) is 0 Å². The van der Waals surface area contributed by atoms with E-state index in [9.17, 15) is 20.0 Å². The van der Waals surface area contributed by atoms with E-state index in [2.05, 4.69) is 20.6 Å². The highest BCUT2D eigenvalue weighted by Crippen LogP contribution is 2.40. The molecule has 10 heteroatoms. The molecular formula is C31H26N6O4. The third-order valence-corrected chi connectivity index (χ3v) is 6.30. The molecule has 0 saturated carbocycles. The second-order valence-corrected chi connectivity index (χ2v) is 9.18. The number of quaternary nitrogens is 1. The number of benzene rings is 4. The van der Waals surface area contributed by atoms with E-state index in [1.165, 1.54) is 16.8 Å². The van der Waals surface area contributed by atoms with Gasteiger partial charge in [-0.3, -0.25) is 9.59 Å². The van der Waals surface area contributed by atoms with Gasteiger partial charge in [-0.2, -0.15) is 20.1 Å². The smallest absolute Gasteiger partial charge is 0.256 e. The van der Waals surface area contributed by atoms with Gasteiger partial charge in [0.2, 0.25) is 5.91 Å². The molecule has 4 aromatic carbocycles. The lowest BCUT2D eigenvalue weighted by atomic mass is 10.1. The van der Waals surface area contributed by atoms with Gasteiger partial charge in [0.1, 0.15) is 23.5 Å². The largest absolute Gasteiger partial charge is 0.595 e. The zero-order valence-corrected chi connectivity index (χ0v) is 22.1. The van der Waals surface area contributed by atoms with Crippen LogP contribution in [0, 0.1) is 12.1 Å². The van der Waals surface area contributed by atoms with Crippen molar-refractivity contribution in [2.24, 2.45) is 10.2 Å². The van der Waals surface area contributed by atoms with Crippen LogP contribution in [0.3, 0.4) is 0 Å². The van der Waals surface area contributed by atoms with E-state index in [0.29, 0.717) is 39.6 Å². The van der Waals surface area contributed by atoms with Crippen LogP contribution >= 0.6 is 0 Å². The number of azo groups is 1. The monoisotopic (exact) mass is 546 g/mol. The number of aryl methyl sites for hydroxylation is 1. The summed E-state index contributed by atoms with van der Waals surface area (Å²) < 4.78 is 1.21. The molecule has 0 fully saturated rings. The van der Waals surface area contributed by atoms with Crippen molar-refractivity contribution in [2.45, 2.75) is 13.3 Å². The molecule has 1 amide bonds. The molecule has 1 unspecified atom stereocenters. The Morgan fingerprint density at radius 1 is 0.854 bits per heavy atom. The van der Waals surface area contributed by atoms with Crippen molar-refractivity contribution in [3.05, 3.63) is 120 Å². The van der Waals surface area contributed by atoms with Gasteiger partial charge in [0.25, 0.3) is 5.91 Å². The Labute approximate surface area is 235 Å². The maximum absolute atomic E-state index is 13.6. The van der Waals surface area contributed by atoms with Crippen molar-refractivity contribution in [1.29, 1.82) is 0 Å². The van der Waals surface area contributed by atoms with Gasteiger partial charge in [-0.1, -0.05) is 78.9 Å². The Morgan fingerprint density at radius 3 is 2.10 bits per heavy atom. The summed E-state index contributed by atoms with van der Waals surface area (Å²) in [6, 6.07) is 31.7. The molecule has 204 valence electrons. The maximum Gasteiger partial charge on any atom is 0.256 e. The average molecular weight is 547 g/mol. The molecule has 0 bridgehead atoms. The first kappa shape index (κ1) is 27.3. The SMILES string of the molecule is Cc1ccccc1NC(=O)CC(=O)n1nc(-c2ccccc2)c(N=Nc2ccc([NH+]([O-])O)cc2)c1-c1ccccc1. The first-order valence-corrected chi connectivity index (χ1v) is 12.8. The third-order valence-electron chi connectivity index (χ3n) is 6.30. The van der Waals surface area contributed by atoms with Crippen molar-refractivity contribution in [3.63, 3.8) is 0 Å². The summed E-state index contributed by atoms with van der Waals surface area (Å²) in [5.41, 5.74) is 4.53. The van der Waals surface area contributed by atoms with Crippen LogP contribution in [0.25, 0.3) is 22.5 Å². The molecule has 1 heterocycles. The van der Waals surface area contributed by atoms with Crippen LogP contribution in [0.2, 0.25) is 0 Å². The lowest BCUT2D eigenvalue weighted by Gasteiger charge is -2.10. The minimum atomic E-state index is -1.04. The fourth-order valence-electron chi connectivity index (χ4n) is 4.23. The van der Waals surface area contributed by atoms with E-state index in [4.69, 9.17) is 0 Å². The minimum absolute atomic E-state index is 0.126. The zero-order valence-electron chi connectivity index (χ0n) is 22.1. The summed E-state index contributed by atoms with van der Waals surface area (Å²) in [5.74, 6) is -1.01. The van der Waals surface area contributed by atoms with Crippen molar-refractivity contribution in [2.75, 3.05) is 5.32 Å². The zero-order chi connectivity index (χ0) is 28.8. The number of aromatic nitrogens is 2. The van der Waals surface area contributed by atoms with Crippen LogP contribution < -0.4 is 10.5 Å². The molecular weight excluding hydrogens is 520 g/mol. The van der Waals surface area contributed by atoms with E-state index in [-0.39, 0.29) is 5.69 Å². The number of hydrogen-bond acceptors (Lipinski definition) is 7. The molecule has 5 aromatic rings. The van der Waals surface area contributed by atoms with Crippen LogP contribution in [0.4, 0.5) is 22.7 Å². The molecule has 0 radical (unpaired) electrons. The van der Waals surface area contributed by atoms with E-state index >= 15 is 0 Å². The van der Waals surface area contributed by atoms with Crippen LogP contribution in [-0.2, 0) is 4.79 Å². The molecule has 0 aliphatic heterocycles. The molecule has 41 heavy (non-hydrogen) atoms. The Kier molecular flexibility index (Phi) is 8.16. The summed E-state index contributed by atoms with van der Waals surface area (Å²) in [4.78, 5) is 26.5.